The van der Waals surface area contributed by atoms with Crippen LogP contribution >= 0.6 is 0 Å². The summed E-state index contributed by atoms with van der Waals surface area (Å²) >= 11 is 0. The van der Waals surface area contributed by atoms with Gasteiger partial charge in [-0.1, -0.05) is 41.5 Å². The highest BCUT2D eigenvalue weighted by Gasteiger charge is 2.36. The van der Waals surface area contributed by atoms with Crippen molar-refractivity contribution in [1.82, 2.24) is 0 Å². The number of benzene rings is 2. The van der Waals surface area contributed by atoms with Crippen molar-refractivity contribution in [3.63, 3.8) is 0 Å². The lowest BCUT2D eigenvalue weighted by Crippen LogP contribution is -2.22. The van der Waals surface area contributed by atoms with Crippen molar-refractivity contribution >= 4 is 0 Å². The molecule has 45 heavy (non-hydrogen) atoms. The van der Waals surface area contributed by atoms with Gasteiger partial charge in [0.1, 0.15) is 23.0 Å². The number of alkyl halides is 4. The summed E-state index contributed by atoms with van der Waals surface area (Å²) in [6.07, 6.45) is -0.762. The van der Waals surface area contributed by atoms with Crippen LogP contribution in [-0.2, 0) is 29.6 Å². The number of methoxy groups -OCH3 is 3. The number of hydrogen-bond donors (Lipinski definition) is 2. The van der Waals surface area contributed by atoms with Gasteiger partial charge in [0.05, 0.1) is 38.6 Å². The first-order chi connectivity index (χ1) is 21.2. The quantitative estimate of drug-likeness (QED) is 0.186. The minimum Gasteiger partial charge on any atom is -0.496 e. The Morgan fingerprint density at radius 3 is 1.40 bits per heavy atom. The van der Waals surface area contributed by atoms with E-state index >= 15 is 0 Å². The van der Waals surface area contributed by atoms with Crippen molar-refractivity contribution in [2.24, 2.45) is 11.5 Å². The maximum atomic E-state index is 13.9. The summed E-state index contributed by atoms with van der Waals surface area (Å²) in [6, 6.07) is 5.67. The van der Waals surface area contributed by atoms with Gasteiger partial charge in [0.2, 0.25) is 0 Å². The molecule has 0 fully saturated rings. The first kappa shape index (κ1) is 44.4. The van der Waals surface area contributed by atoms with Gasteiger partial charge in [-0.25, -0.2) is 8.78 Å². The number of halogens is 4. The van der Waals surface area contributed by atoms with E-state index < -0.39 is 12.0 Å². The topological polar surface area (TPSA) is 98.2 Å². The minimum atomic E-state index is -3.44. The van der Waals surface area contributed by atoms with Crippen LogP contribution in [0.5, 0.6) is 23.0 Å². The van der Waals surface area contributed by atoms with Crippen LogP contribution in [0.3, 0.4) is 0 Å². The van der Waals surface area contributed by atoms with Gasteiger partial charge in [0, 0.05) is 26.1 Å². The van der Waals surface area contributed by atoms with Crippen LogP contribution in [0.4, 0.5) is 17.6 Å². The Kier molecular flexibility index (Phi) is 22.4. The van der Waals surface area contributed by atoms with Gasteiger partial charge in [0.15, 0.2) is 0 Å². The van der Waals surface area contributed by atoms with E-state index in [0.717, 1.165) is 38.0 Å². The van der Waals surface area contributed by atoms with Gasteiger partial charge in [-0.3, -0.25) is 0 Å². The van der Waals surface area contributed by atoms with Crippen LogP contribution < -0.4 is 30.4 Å². The maximum absolute atomic E-state index is 13.9. The van der Waals surface area contributed by atoms with Crippen molar-refractivity contribution in [1.29, 1.82) is 0 Å². The molecule has 0 bridgehead atoms. The fourth-order valence-corrected chi connectivity index (χ4v) is 3.98. The zero-order chi connectivity index (χ0) is 35.4. The SMILES string of the molecule is CC.CC.CCOc1cc(C(C)(F)F)c(OC)cc1CC(N)CC.CCOc1cc(CC(N)CC)c(OC)cc1C(F)(F)OC. The molecule has 2 aromatic carbocycles. The van der Waals surface area contributed by atoms with Gasteiger partial charge < -0.3 is 35.2 Å². The first-order valence-corrected chi connectivity index (χ1v) is 15.7. The summed E-state index contributed by atoms with van der Waals surface area (Å²) in [5, 5.41) is 0. The second-order valence-corrected chi connectivity index (χ2v) is 9.54. The third kappa shape index (κ3) is 14.5. The highest BCUT2D eigenvalue weighted by atomic mass is 19.3. The van der Waals surface area contributed by atoms with Gasteiger partial charge in [-0.2, -0.15) is 8.78 Å². The molecule has 0 aromatic heterocycles. The molecular formula is C34H58F4N2O5. The Morgan fingerprint density at radius 2 is 1.02 bits per heavy atom. The van der Waals surface area contributed by atoms with E-state index in [-0.39, 0.29) is 41.3 Å². The van der Waals surface area contributed by atoms with Gasteiger partial charge in [-0.05, 0) is 74.9 Å². The summed E-state index contributed by atoms with van der Waals surface area (Å²) in [7, 11) is 3.77. The molecule has 0 saturated heterocycles. The lowest BCUT2D eigenvalue weighted by atomic mass is 9.99. The molecule has 2 atom stereocenters. The number of ether oxygens (including phenoxy) is 5. The van der Waals surface area contributed by atoms with Crippen molar-refractivity contribution < 1.29 is 41.2 Å². The Balaban J connectivity index is 0. The molecule has 0 spiro atoms. The lowest BCUT2D eigenvalue weighted by molar-refractivity contribution is -0.232. The fraction of sp³-hybridized carbons (Fsp3) is 0.647. The average Bonchev–Trinajstić information content (AvgIpc) is 3.03. The van der Waals surface area contributed by atoms with Crippen LogP contribution in [0.2, 0.25) is 0 Å². The fourth-order valence-electron chi connectivity index (χ4n) is 3.98. The molecule has 0 aliphatic carbocycles. The second-order valence-electron chi connectivity index (χ2n) is 9.54. The molecule has 0 amide bonds. The van der Waals surface area contributed by atoms with E-state index in [1.165, 1.54) is 26.4 Å². The van der Waals surface area contributed by atoms with E-state index in [2.05, 4.69) is 4.74 Å². The van der Waals surface area contributed by atoms with Gasteiger partial charge in [0.25, 0.3) is 5.92 Å². The summed E-state index contributed by atoms with van der Waals surface area (Å²) in [5.74, 6) is -1.92. The molecular weight excluding hydrogens is 592 g/mol. The monoisotopic (exact) mass is 650 g/mol. The largest absolute Gasteiger partial charge is 0.496 e. The molecule has 2 aromatic rings. The predicted molar refractivity (Wildman–Crippen MR) is 175 cm³/mol. The highest BCUT2D eigenvalue weighted by molar-refractivity contribution is 5.49. The zero-order valence-corrected chi connectivity index (χ0v) is 29.4. The summed E-state index contributed by atoms with van der Waals surface area (Å²) in [5.41, 5.74) is 12.9. The lowest BCUT2D eigenvalue weighted by Gasteiger charge is -2.21. The standard InChI is InChI=1S/C15H23F2NO3.C15H23F2NO2.2C2H6/c1-5-11(18)7-10-8-14(21-6-2)12(9-13(10)19-3)15(16,17)20-4;1-5-11(18)7-10-8-14(19-4)12(15(3,16)17)9-13(10)20-6-2;2*1-2/h8-9,11H,5-7,18H2,1-4H3;8-9,11H,5-7,18H2,1-4H3;2*1-2H3. The predicted octanol–water partition coefficient (Wildman–Crippen LogP) is 8.61. The summed E-state index contributed by atoms with van der Waals surface area (Å²) < 4.78 is 80.3. The molecule has 0 saturated carbocycles. The third-order valence-electron chi connectivity index (χ3n) is 6.42. The highest BCUT2D eigenvalue weighted by Crippen LogP contribution is 2.41. The normalized spacial score (nSPS) is 12.2. The van der Waals surface area contributed by atoms with Crippen molar-refractivity contribution in [2.75, 3.05) is 34.5 Å². The van der Waals surface area contributed by atoms with E-state index in [0.29, 0.717) is 30.9 Å². The van der Waals surface area contributed by atoms with Crippen molar-refractivity contribution in [3.05, 3.63) is 46.5 Å². The van der Waals surface area contributed by atoms with Crippen molar-refractivity contribution in [2.45, 2.75) is 112 Å². The van der Waals surface area contributed by atoms with Gasteiger partial charge in [-0.15, -0.1) is 0 Å². The molecule has 4 N–H and O–H groups in total. The molecule has 0 aliphatic rings. The Bertz CT molecular complexity index is 1080. The summed E-state index contributed by atoms with van der Waals surface area (Å²) in [6.45, 7) is 17.0. The third-order valence-corrected chi connectivity index (χ3v) is 6.42. The van der Waals surface area contributed by atoms with E-state index in [1.807, 2.05) is 48.5 Å². The molecule has 2 unspecified atom stereocenters. The molecule has 0 heterocycles. The molecule has 0 radical (unpaired) electrons. The van der Waals surface area contributed by atoms with E-state index in [4.69, 9.17) is 30.4 Å². The van der Waals surface area contributed by atoms with E-state index in [1.54, 1.807) is 19.1 Å². The van der Waals surface area contributed by atoms with Crippen LogP contribution in [0.15, 0.2) is 24.3 Å². The second kappa shape index (κ2) is 22.7. The Labute approximate surface area is 268 Å². The molecule has 262 valence electrons. The molecule has 2 rings (SSSR count). The maximum Gasteiger partial charge on any atom is 0.386 e. The minimum absolute atomic E-state index is 0.0353. The van der Waals surface area contributed by atoms with Crippen LogP contribution in [-0.4, -0.2) is 46.6 Å². The smallest absolute Gasteiger partial charge is 0.386 e. The van der Waals surface area contributed by atoms with Crippen LogP contribution in [0.1, 0.15) is 97.4 Å². The zero-order valence-electron chi connectivity index (χ0n) is 29.4. The number of nitrogens with two attached hydrogens (primary N) is 2. The first-order valence-electron chi connectivity index (χ1n) is 15.7. The van der Waals surface area contributed by atoms with Crippen LogP contribution in [0.25, 0.3) is 0 Å². The van der Waals surface area contributed by atoms with E-state index in [9.17, 15) is 17.6 Å². The Morgan fingerprint density at radius 1 is 0.622 bits per heavy atom. The molecule has 7 nitrogen and oxygen atoms in total. The van der Waals surface area contributed by atoms with Crippen molar-refractivity contribution in [3.8, 4) is 23.0 Å². The number of hydrogen-bond acceptors (Lipinski definition) is 7. The summed E-state index contributed by atoms with van der Waals surface area (Å²) in [4.78, 5) is 0. The van der Waals surface area contributed by atoms with Gasteiger partial charge >= 0.3 is 6.11 Å². The molecule has 0 aliphatic heterocycles. The Hall–Kier alpha value is -2.76. The van der Waals surface area contributed by atoms with Crippen LogP contribution in [0, 0.1) is 0 Å². The average molecular weight is 651 g/mol. The molecule has 11 heteroatoms. The number of rotatable bonds is 15.